The van der Waals surface area contributed by atoms with Gasteiger partial charge in [-0.1, -0.05) is 23.7 Å². The largest absolute Gasteiger partial charge is 0.289 e. The molecule has 0 spiro atoms. The molecule has 1 aliphatic heterocycles. The summed E-state index contributed by atoms with van der Waals surface area (Å²) in [4.78, 5) is 21.1. The topological polar surface area (TPSA) is 132 Å². The zero-order chi connectivity index (χ0) is 18.6. The van der Waals surface area contributed by atoms with Crippen LogP contribution in [0, 0.1) is 10.1 Å². The van der Waals surface area contributed by atoms with Crippen molar-refractivity contribution in [1.82, 2.24) is 3.71 Å². The van der Waals surface area contributed by atoms with E-state index in [9.17, 15) is 31.7 Å². The third kappa shape index (κ3) is 2.47. The molecule has 0 N–H and O–H groups in total. The van der Waals surface area contributed by atoms with Gasteiger partial charge in [0.2, 0.25) is 0 Å². The van der Waals surface area contributed by atoms with Gasteiger partial charge in [0.25, 0.3) is 31.6 Å². The highest BCUT2D eigenvalue weighted by Crippen LogP contribution is 2.36. The van der Waals surface area contributed by atoms with Crippen LogP contribution >= 0.6 is 11.6 Å². The lowest BCUT2D eigenvalue weighted by molar-refractivity contribution is -0.384. The highest BCUT2D eigenvalue weighted by atomic mass is 35.5. The maximum Gasteiger partial charge on any atom is 0.289 e. The van der Waals surface area contributed by atoms with Gasteiger partial charge >= 0.3 is 0 Å². The fourth-order valence-corrected chi connectivity index (χ4v) is 6.20. The lowest BCUT2D eigenvalue weighted by Gasteiger charge is -2.15. The number of nitro groups is 1. The average Bonchev–Trinajstić information content (AvgIpc) is 2.74. The monoisotopic (exact) mass is 402 g/mol. The summed E-state index contributed by atoms with van der Waals surface area (Å²) in [6.07, 6.45) is 0. The molecule has 0 saturated carbocycles. The number of amides is 1. The molecule has 3 rings (SSSR count). The Hall–Kier alpha value is -2.50. The van der Waals surface area contributed by atoms with Gasteiger partial charge < -0.3 is 0 Å². The van der Waals surface area contributed by atoms with Gasteiger partial charge in [-0.25, -0.2) is 0 Å². The number of fused-ring (bicyclic) bond motifs is 1. The van der Waals surface area contributed by atoms with Crippen LogP contribution in [0.25, 0.3) is 0 Å². The molecular weight excluding hydrogens is 396 g/mol. The second kappa shape index (κ2) is 5.51. The molecule has 0 fully saturated rings. The molecule has 0 aromatic heterocycles. The minimum atomic E-state index is -4.90. The van der Waals surface area contributed by atoms with Gasteiger partial charge in [-0.3, -0.25) is 14.9 Å². The Morgan fingerprint density at radius 1 is 1.12 bits per heavy atom. The summed E-state index contributed by atoms with van der Waals surface area (Å²) in [5.74, 6) is -1.26. The Balaban J connectivity index is 2.22. The summed E-state index contributed by atoms with van der Waals surface area (Å²) < 4.78 is 50.0. The second-order valence-electron chi connectivity index (χ2n) is 4.88. The molecule has 9 nitrogen and oxygen atoms in total. The van der Waals surface area contributed by atoms with Crippen LogP contribution in [0.3, 0.4) is 0 Å². The first kappa shape index (κ1) is 17.3. The Kier molecular flexibility index (Phi) is 3.82. The number of carbonyl (C=O) groups excluding carboxylic acids is 1. The molecular formula is C13H7ClN2O7S2. The van der Waals surface area contributed by atoms with Crippen molar-refractivity contribution < 1.29 is 26.6 Å². The van der Waals surface area contributed by atoms with E-state index in [1.807, 2.05) is 0 Å². The zero-order valence-corrected chi connectivity index (χ0v) is 14.4. The summed E-state index contributed by atoms with van der Waals surface area (Å²) in [6.45, 7) is 0. The number of hydrogen-bond acceptors (Lipinski definition) is 7. The quantitative estimate of drug-likeness (QED) is 0.564. The van der Waals surface area contributed by atoms with Crippen molar-refractivity contribution in [2.75, 3.05) is 0 Å². The predicted octanol–water partition coefficient (Wildman–Crippen LogP) is 1.78. The molecule has 2 aromatic carbocycles. The van der Waals surface area contributed by atoms with Crippen molar-refractivity contribution in [3.05, 3.63) is 63.2 Å². The molecule has 0 aliphatic carbocycles. The van der Waals surface area contributed by atoms with E-state index < -0.39 is 46.4 Å². The van der Waals surface area contributed by atoms with Crippen molar-refractivity contribution in [2.24, 2.45) is 0 Å². The van der Waals surface area contributed by atoms with E-state index in [1.165, 1.54) is 18.2 Å². The molecule has 1 aliphatic rings. The number of benzene rings is 2. The van der Waals surface area contributed by atoms with Crippen LogP contribution in [-0.4, -0.2) is 31.4 Å². The number of nitro benzene ring substituents is 1. The molecule has 0 unspecified atom stereocenters. The van der Waals surface area contributed by atoms with Gasteiger partial charge in [-0.2, -0.15) is 16.8 Å². The maximum atomic E-state index is 12.7. The number of halogens is 1. The summed E-state index contributed by atoms with van der Waals surface area (Å²) >= 11 is 5.62. The molecule has 0 radical (unpaired) electrons. The summed E-state index contributed by atoms with van der Waals surface area (Å²) in [5, 5.41) is 10.6. The van der Waals surface area contributed by atoms with E-state index in [0.29, 0.717) is 6.07 Å². The van der Waals surface area contributed by atoms with Gasteiger partial charge in [0.15, 0.2) is 0 Å². The van der Waals surface area contributed by atoms with Gasteiger partial charge in [0, 0.05) is 6.07 Å². The first-order valence-corrected chi connectivity index (χ1v) is 9.72. The fraction of sp³-hybridized carbons (Fsp3) is 0. The Morgan fingerprint density at radius 2 is 1.76 bits per heavy atom. The zero-order valence-electron chi connectivity index (χ0n) is 12.0. The van der Waals surface area contributed by atoms with Gasteiger partial charge in [0.05, 0.1) is 15.4 Å². The smallest absolute Gasteiger partial charge is 0.267 e. The van der Waals surface area contributed by atoms with E-state index in [2.05, 4.69) is 0 Å². The van der Waals surface area contributed by atoms with E-state index in [1.54, 1.807) is 0 Å². The third-order valence-corrected chi connectivity index (χ3v) is 7.87. The van der Waals surface area contributed by atoms with Crippen LogP contribution in [0.2, 0.25) is 5.02 Å². The standard InChI is InChI=1S/C13H7ClN2O7S2/c14-10-6-5-8(7-11(10)15(18)19)24(20,21)16-13(17)9-3-1-2-4-12(9)25(16,22)23/h1-7H. The summed E-state index contributed by atoms with van der Waals surface area (Å²) in [6, 6.07) is 7.42. The van der Waals surface area contributed by atoms with Gasteiger partial charge in [0.1, 0.15) is 9.92 Å². The van der Waals surface area contributed by atoms with Crippen molar-refractivity contribution in [3.63, 3.8) is 0 Å². The highest BCUT2D eigenvalue weighted by molar-refractivity contribution is 8.05. The summed E-state index contributed by atoms with van der Waals surface area (Å²) in [7, 11) is -9.55. The Labute approximate surface area is 146 Å². The predicted molar refractivity (Wildman–Crippen MR) is 85.1 cm³/mol. The second-order valence-corrected chi connectivity index (χ2v) is 9.06. The van der Waals surface area contributed by atoms with Crippen LogP contribution in [0.4, 0.5) is 5.69 Å². The maximum absolute atomic E-state index is 12.7. The molecule has 0 bridgehead atoms. The lowest BCUT2D eigenvalue weighted by Crippen LogP contribution is -2.36. The van der Waals surface area contributed by atoms with Crippen molar-refractivity contribution in [3.8, 4) is 0 Å². The molecule has 0 saturated heterocycles. The van der Waals surface area contributed by atoms with Crippen molar-refractivity contribution >= 4 is 43.2 Å². The minimum absolute atomic E-state index is 0.266. The van der Waals surface area contributed by atoms with Crippen LogP contribution < -0.4 is 0 Å². The molecule has 1 heterocycles. The van der Waals surface area contributed by atoms with Crippen LogP contribution in [0.15, 0.2) is 52.3 Å². The lowest BCUT2D eigenvalue weighted by atomic mass is 10.2. The van der Waals surface area contributed by atoms with Crippen molar-refractivity contribution in [2.45, 2.75) is 9.79 Å². The number of rotatable bonds is 3. The summed E-state index contributed by atoms with van der Waals surface area (Å²) in [5.41, 5.74) is -1.03. The van der Waals surface area contributed by atoms with E-state index in [0.717, 1.165) is 18.2 Å². The normalized spacial score (nSPS) is 15.9. The number of nitrogens with zero attached hydrogens (tertiary/aromatic N) is 2. The molecule has 25 heavy (non-hydrogen) atoms. The first-order valence-electron chi connectivity index (χ1n) is 6.46. The molecule has 2 aromatic rings. The Morgan fingerprint density at radius 3 is 2.36 bits per heavy atom. The average molecular weight is 403 g/mol. The fourth-order valence-electron chi connectivity index (χ4n) is 2.29. The van der Waals surface area contributed by atoms with Gasteiger partial charge in [-0.15, -0.1) is 3.71 Å². The van der Waals surface area contributed by atoms with Crippen LogP contribution in [0.1, 0.15) is 10.4 Å². The molecule has 0 atom stereocenters. The molecule has 130 valence electrons. The number of sulfonamides is 2. The van der Waals surface area contributed by atoms with E-state index in [-0.39, 0.29) is 14.3 Å². The third-order valence-electron chi connectivity index (χ3n) is 3.41. The molecule has 12 heteroatoms. The first-order chi connectivity index (χ1) is 11.6. The minimum Gasteiger partial charge on any atom is -0.267 e. The number of hydrogen-bond donors (Lipinski definition) is 0. The van der Waals surface area contributed by atoms with E-state index >= 15 is 0 Å². The SMILES string of the molecule is O=C1c2ccccc2S(=O)(=O)N1S(=O)(=O)c1ccc(Cl)c([N+](=O)[O-])c1. The van der Waals surface area contributed by atoms with E-state index in [4.69, 9.17) is 11.6 Å². The van der Waals surface area contributed by atoms with Gasteiger partial charge in [-0.05, 0) is 24.3 Å². The number of carbonyl (C=O) groups is 1. The van der Waals surface area contributed by atoms with Crippen molar-refractivity contribution in [1.29, 1.82) is 0 Å². The van der Waals surface area contributed by atoms with Crippen LogP contribution in [0.5, 0.6) is 0 Å². The van der Waals surface area contributed by atoms with Crippen LogP contribution in [-0.2, 0) is 20.0 Å². The Bertz CT molecular complexity index is 1140. The molecule has 1 amide bonds. The highest BCUT2D eigenvalue weighted by Gasteiger charge is 2.49.